The minimum atomic E-state index is -1.15. The minimum Gasteiger partial charge on any atom is -0.465 e. The number of carboxylic acid groups (broad SMARTS) is 1. The average molecular weight is 429 g/mol. The van der Waals surface area contributed by atoms with Gasteiger partial charge in [0.05, 0.1) is 12.2 Å². The van der Waals surface area contributed by atoms with Crippen LogP contribution >= 0.6 is 0 Å². The molecule has 166 valence electrons. The first-order chi connectivity index (χ1) is 14.7. The van der Waals surface area contributed by atoms with E-state index >= 15 is 4.39 Å². The molecule has 3 heterocycles. The van der Waals surface area contributed by atoms with Crippen molar-refractivity contribution in [2.24, 2.45) is 0 Å². The van der Waals surface area contributed by atoms with Crippen molar-refractivity contribution in [3.63, 3.8) is 0 Å². The Morgan fingerprint density at radius 3 is 2.61 bits per heavy atom. The summed E-state index contributed by atoms with van der Waals surface area (Å²) in [6, 6.07) is 3.92. The Morgan fingerprint density at radius 1 is 1.29 bits per heavy atom. The van der Waals surface area contributed by atoms with Gasteiger partial charge in [0.2, 0.25) is 5.91 Å². The Morgan fingerprint density at radius 2 is 2.03 bits per heavy atom. The van der Waals surface area contributed by atoms with Gasteiger partial charge in [-0.1, -0.05) is 0 Å². The number of carbonyl (C=O) groups excluding carboxylic acids is 1. The molecule has 1 aromatic carbocycles. The summed E-state index contributed by atoms with van der Waals surface area (Å²) in [5, 5.41) is 9.62. The third-order valence-electron chi connectivity index (χ3n) is 5.95. The largest absolute Gasteiger partial charge is 0.465 e. The lowest BCUT2D eigenvalue weighted by Gasteiger charge is -2.36. The van der Waals surface area contributed by atoms with Crippen LogP contribution in [0.1, 0.15) is 39.4 Å². The summed E-state index contributed by atoms with van der Waals surface area (Å²) in [4.78, 5) is 34.0. The second-order valence-corrected chi connectivity index (χ2v) is 9.10. The van der Waals surface area contributed by atoms with E-state index in [0.717, 1.165) is 23.8 Å². The van der Waals surface area contributed by atoms with Crippen LogP contribution in [0, 0.1) is 5.82 Å². The van der Waals surface area contributed by atoms with E-state index in [4.69, 9.17) is 0 Å². The Bertz CT molecular complexity index is 995. The van der Waals surface area contributed by atoms with Crippen LogP contribution in [0.4, 0.5) is 14.9 Å². The van der Waals surface area contributed by atoms with Gasteiger partial charge < -0.3 is 14.6 Å². The fourth-order valence-corrected chi connectivity index (χ4v) is 4.32. The topological polar surface area (TPSA) is 81.9 Å². The average Bonchev–Trinajstić information content (AvgIpc) is 3.24. The van der Waals surface area contributed by atoms with E-state index in [9.17, 15) is 14.7 Å². The van der Waals surface area contributed by atoms with Crippen LogP contribution in [0.2, 0.25) is 0 Å². The molecular weight excluding hydrogens is 401 g/mol. The number of amides is 2. The molecule has 0 radical (unpaired) electrons. The van der Waals surface area contributed by atoms with Gasteiger partial charge in [0, 0.05) is 36.2 Å². The highest BCUT2D eigenvalue weighted by molar-refractivity contribution is 6.01. The van der Waals surface area contributed by atoms with E-state index in [2.05, 4.69) is 9.88 Å². The summed E-state index contributed by atoms with van der Waals surface area (Å²) in [6.45, 7) is 8.30. The van der Waals surface area contributed by atoms with E-state index < -0.39 is 29.4 Å². The normalized spacial score (nSPS) is 19.5. The lowest BCUT2D eigenvalue weighted by atomic mass is 10.0. The number of carbonyl (C=O) groups is 2. The molecule has 9 heteroatoms. The molecule has 2 fully saturated rings. The number of halogens is 1. The zero-order valence-corrected chi connectivity index (χ0v) is 18.1. The molecule has 0 saturated carbocycles. The van der Waals surface area contributed by atoms with Crippen molar-refractivity contribution < 1.29 is 19.1 Å². The molecule has 2 saturated heterocycles. The molecule has 2 aromatic rings. The number of aromatic nitrogens is 2. The fraction of sp³-hybridized carbons (Fsp3) is 0.500. The van der Waals surface area contributed by atoms with Gasteiger partial charge in [-0.3, -0.25) is 14.6 Å². The van der Waals surface area contributed by atoms with Crippen LogP contribution < -0.4 is 4.90 Å². The van der Waals surface area contributed by atoms with E-state index in [0.29, 0.717) is 18.7 Å². The van der Waals surface area contributed by atoms with Crippen molar-refractivity contribution in [2.75, 3.05) is 24.5 Å². The number of hydrogen-bond donors (Lipinski definition) is 1. The summed E-state index contributed by atoms with van der Waals surface area (Å²) in [5.74, 6) is -0.0794. The molecule has 1 N–H and O–H groups in total. The maximum absolute atomic E-state index is 15.1. The Kier molecular flexibility index (Phi) is 5.47. The van der Waals surface area contributed by atoms with Gasteiger partial charge in [0.15, 0.2) is 0 Å². The van der Waals surface area contributed by atoms with Gasteiger partial charge in [0.25, 0.3) is 0 Å². The Hall–Kier alpha value is -2.94. The molecule has 0 spiro atoms. The number of imidazole rings is 1. The second kappa shape index (κ2) is 7.96. The molecule has 1 unspecified atom stereocenters. The standard InChI is InChI=1S/C22H28FN5O3/c1-22(2,3)28(21(30)31)18-7-11-27(20(18)29)17-6-5-15(13-16(17)23)26-12-8-24-19(26)14-25-9-4-10-25/h5-6,8,12-13,18H,4,7,9-11,14H2,1-3H3,(H,30,31). The first-order valence-corrected chi connectivity index (χ1v) is 10.5. The molecule has 0 aliphatic carbocycles. The molecule has 2 aliphatic heterocycles. The second-order valence-electron chi connectivity index (χ2n) is 9.10. The van der Waals surface area contributed by atoms with E-state index in [-0.39, 0.29) is 12.2 Å². The van der Waals surface area contributed by atoms with Gasteiger partial charge in [-0.15, -0.1) is 0 Å². The van der Waals surface area contributed by atoms with Gasteiger partial charge >= 0.3 is 6.09 Å². The molecular formula is C22H28FN5O3. The molecule has 2 aliphatic rings. The predicted molar refractivity (Wildman–Crippen MR) is 114 cm³/mol. The number of benzene rings is 1. The van der Waals surface area contributed by atoms with Gasteiger partial charge in [-0.2, -0.15) is 0 Å². The fourth-order valence-electron chi connectivity index (χ4n) is 4.32. The Balaban J connectivity index is 1.56. The molecule has 2 amide bonds. The minimum absolute atomic E-state index is 0.167. The van der Waals surface area contributed by atoms with Crippen molar-refractivity contribution in [1.82, 2.24) is 19.4 Å². The van der Waals surface area contributed by atoms with E-state index in [1.165, 1.54) is 17.4 Å². The summed E-state index contributed by atoms with van der Waals surface area (Å²) >= 11 is 0. The summed E-state index contributed by atoms with van der Waals surface area (Å²) in [5.41, 5.74) is 0.0676. The number of anilines is 1. The van der Waals surface area contributed by atoms with Gasteiger partial charge in [0.1, 0.15) is 17.7 Å². The van der Waals surface area contributed by atoms with Crippen molar-refractivity contribution in [2.45, 2.75) is 51.7 Å². The number of hydrogen-bond acceptors (Lipinski definition) is 4. The van der Waals surface area contributed by atoms with Crippen LogP contribution in [0.3, 0.4) is 0 Å². The van der Waals surface area contributed by atoms with Crippen LogP contribution in [-0.4, -0.2) is 67.7 Å². The van der Waals surface area contributed by atoms with Crippen molar-refractivity contribution >= 4 is 17.7 Å². The lowest BCUT2D eigenvalue weighted by molar-refractivity contribution is -0.122. The van der Waals surface area contributed by atoms with E-state index in [1.54, 1.807) is 45.3 Å². The zero-order chi connectivity index (χ0) is 22.3. The lowest BCUT2D eigenvalue weighted by Crippen LogP contribution is -2.54. The highest BCUT2D eigenvalue weighted by atomic mass is 19.1. The van der Waals surface area contributed by atoms with Crippen LogP contribution in [0.25, 0.3) is 5.69 Å². The molecule has 0 bridgehead atoms. The third kappa shape index (κ3) is 4.01. The van der Waals surface area contributed by atoms with Crippen molar-refractivity contribution in [3.8, 4) is 5.69 Å². The number of rotatable bonds is 5. The third-order valence-corrected chi connectivity index (χ3v) is 5.95. The predicted octanol–water partition coefficient (Wildman–Crippen LogP) is 3.10. The molecule has 1 atom stereocenters. The van der Waals surface area contributed by atoms with Gasteiger partial charge in [-0.25, -0.2) is 14.2 Å². The molecule has 8 nitrogen and oxygen atoms in total. The van der Waals surface area contributed by atoms with Crippen molar-refractivity contribution in [1.29, 1.82) is 0 Å². The van der Waals surface area contributed by atoms with Crippen LogP contribution in [0.5, 0.6) is 0 Å². The summed E-state index contributed by atoms with van der Waals surface area (Å²) in [7, 11) is 0. The van der Waals surface area contributed by atoms with Crippen molar-refractivity contribution in [3.05, 3.63) is 42.2 Å². The summed E-state index contributed by atoms with van der Waals surface area (Å²) < 4.78 is 16.9. The smallest absolute Gasteiger partial charge is 0.408 e. The molecule has 1 aromatic heterocycles. The molecule has 31 heavy (non-hydrogen) atoms. The quantitative estimate of drug-likeness (QED) is 0.790. The highest BCUT2D eigenvalue weighted by Crippen LogP contribution is 2.31. The van der Waals surface area contributed by atoms with Crippen LogP contribution in [-0.2, 0) is 11.3 Å². The first kappa shape index (κ1) is 21.3. The Labute approximate surface area is 180 Å². The summed E-state index contributed by atoms with van der Waals surface area (Å²) in [6.07, 6.45) is 3.85. The zero-order valence-electron chi connectivity index (χ0n) is 18.1. The highest BCUT2D eigenvalue weighted by Gasteiger charge is 2.44. The number of likely N-dealkylation sites (tertiary alicyclic amines) is 1. The van der Waals surface area contributed by atoms with E-state index in [1.807, 2.05) is 4.57 Å². The SMILES string of the molecule is CC(C)(C)N(C(=O)O)C1CCN(c2ccc(-n3ccnc3CN3CCC3)cc2F)C1=O. The maximum Gasteiger partial charge on any atom is 0.408 e. The number of nitrogens with zero attached hydrogens (tertiary/aromatic N) is 5. The molecule has 4 rings (SSSR count). The first-order valence-electron chi connectivity index (χ1n) is 10.5. The van der Waals surface area contributed by atoms with Gasteiger partial charge in [-0.05, 0) is 58.8 Å². The van der Waals surface area contributed by atoms with Crippen LogP contribution in [0.15, 0.2) is 30.6 Å². The monoisotopic (exact) mass is 429 g/mol. The maximum atomic E-state index is 15.1.